The van der Waals surface area contributed by atoms with E-state index in [4.69, 9.17) is 0 Å². The Morgan fingerprint density at radius 3 is 2.65 bits per heavy atom. The first kappa shape index (κ1) is 15.2. The van der Waals surface area contributed by atoms with Crippen LogP contribution in [0.15, 0.2) is 53.1 Å². The average Bonchev–Trinajstić information content (AvgIpc) is 3.11. The molecule has 0 N–H and O–H groups in total. The molecule has 0 radical (unpaired) electrons. The van der Waals surface area contributed by atoms with Crippen LogP contribution in [-0.4, -0.2) is 36.0 Å². The number of fused-ring (bicyclic) bond motifs is 2. The predicted octanol–water partition coefficient (Wildman–Crippen LogP) is 2.37. The molecule has 0 fully saturated rings. The van der Waals surface area contributed by atoms with E-state index in [1.807, 2.05) is 0 Å². The molecule has 0 saturated heterocycles. The van der Waals surface area contributed by atoms with Crippen molar-refractivity contribution in [2.75, 3.05) is 11.4 Å². The van der Waals surface area contributed by atoms with Gasteiger partial charge in [0.2, 0.25) is 0 Å². The Morgan fingerprint density at radius 2 is 1.83 bits per heavy atom. The first-order valence-electron chi connectivity index (χ1n) is 7.99. The summed E-state index contributed by atoms with van der Waals surface area (Å²) in [6, 6.07) is 17.7. The Labute approximate surface area is 149 Å². The predicted molar refractivity (Wildman–Crippen MR) is 99.6 cm³/mol. The van der Waals surface area contributed by atoms with Crippen LogP contribution in [0.25, 0.3) is 15.9 Å². The fourth-order valence-corrected chi connectivity index (χ4v) is 8.34. The third-order valence-corrected chi connectivity index (χ3v) is 8.82. The van der Waals surface area contributed by atoms with Gasteiger partial charge in [-0.2, -0.15) is 0 Å². The molecule has 2 heterocycles. The molecule has 1 aromatic heterocycles. The number of hydrogen-bond acceptors (Lipinski definition) is 1. The molecule has 3 aromatic rings. The number of aryl methyl sites for hydroxylation is 1. The molecule has 0 amide bonds. The van der Waals surface area contributed by atoms with Gasteiger partial charge in [0.1, 0.15) is 0 Å². The van der Waals surface area contributed by atoms with Crippen LogP contribution < -0.4 is 13.9 Å². The van der Waals surface area contributed by atoms with Gasteiger partial charge in [-0.1, -0.05) is 0 Å². The van der Waals surface area contributed by atoms with Crippen molar-refractivity contribution in [3.05, 3.63) is 57.7 Å². The Morgan fingerprint density at radius 1 is 1.04 bits per heavy atom. The standard InChI is InChI=1S/C19H19N2Se2/c1-3-20-14-9-5-7-11-16(14)22-18(20)13-19-21(4-2)15-10-6-8-12-17(15)23-19/h5-13H,3-4H2,1-2H3/q+1. The number of rotatable bonds is 3. The molecule has 1 aliphatic rings. The number of hydrogen-bond donors (Lipinski definition) is 0. The quantitative estimate of drug-likeness (QED) is 0.455. The summed E-state index contributed by atoms with van der Waals surface area (Å²) in [7, 11) is 0. The van der Waals surface area contributed by atoms with Crippen molar-refractivity contribution in [2.24, 2.45) is 0 Å². The van der Waals surface area contributed by atoms with Crippen molar-refractivity contribution >= 4 is 55.5 Å². The molecular formula is C19H19N2Se2+. The van der Waals surface area contributed by atoms with Crippen LogP contribution in [0.5, 0.6) is 0 Å². The molecule has 1 aliphatic heterocycles. The Kier molecular flexibility index (Phi) is 4.17. The van der Waals surface area contributed by atoms with Gasteiger partial charge in [-0.15, -0.1) is 0 Å². The first-order chi connectivity index (χ1) is 11.3. The fourth-order valence-electron chi connectivity index (χ4n) is 3.08. The van der Waals surface area contributed by atoms with Crippen molar-refractivity contribution < 1.29 is 4.57 Å². The van der Waals surface area contributed by atoms with E-state index in [0.717, 1.165) is 13.1 Å². The normalized spacial score (nSPS) is 15.6. The van der Waals surface area contributed by atoms with Gasteiger partial charge in [0, 0.05) is 0 Å². The summed E-state index contributed by atoms with van der Waals surface area (Å²) in [5.74, 6) is 0. The Balaban J connectivity index is 1.82. The minimum absolute atomic E-state index is 0.421. The van der Waals surface area contributed by atoms with Crippen LogP contribution in [0.2, 0.25) is 0 Å². The zero-order valence-electron chi connectivity index (χ0n) is 13.3. The summed E-state index contributed by atoms with van der Waals surface area (Å²) in [5.41, 5.74) is 2.82. The van der Waals surface area contributed by atoms with Crippen LogP contribution in [-0.2, 0) is 6.54 Å². The molecule has 0 aliphatic carbocycles. The van der Waals surface area contributed by atoms with Crippen LogP contribution >= 0.6 is 0 Å². The molecule has 0 spiro atoms. The van der Waals surface area contributed by atoms with Gasteiger partial charge in [-0.25, -0.2) is 0 Å². The zero-order chi connectivity index (χ0) is 15.8. The summed E-state index contributed by atoms with van der Waals surface area (Å²) in [6.45, 7) is 6.60. The second-order valence-corrected chi connectivity index (χ2v) is 9.91. The molecule has 0 unspecified atom stereocenters. The maximum absolute atomic E-state index is 2.50. The van der Waals surface area contributed by atoms with E-state index < -0.39 is 0 Å². The molecular weight excluding hydrogens is 414 g/mol. The zero-order valence-corrected chi connectivity index (χ0v) is 16.7. The van der Waals surface area contributed by atoms with Crippen molar-refractivity contribution in [3.63, 3.8) is 0 Å². The summed E-state index contributed by atoms with van der Waals surface area (Å²) in [5, 5.41) is 0. The van der Waals surface area contributed by atoms with Crippen molar-refractivity contribution in [1.82, 2.24) is 0 Å². The minimum atomic E-state index is 0.421. The van der Waals surface area contributed by atoms with Crippen LogP contribution in [0.3, 0.4) is 0 Å². The summed E-state index contributed by atoms with van der Waals surface area (Å²) < 4.78 is 8.53. The third-order valence-electron chi connectivity index (χ3n) is 4.15. The molecule has 4 rings (SSSR count). The molecule has 0 saturated carbocycles. The van der Waals surface area contributed by atoms with E-state index in [-0.39, 0.29) is 0 Å². The summed E-state index contributed by atoms with van der Waals surface area (Å²) >= 11 is 0.841. The maximum atomic E-state index is 2.50. The number of aromatic nitrogens is 1. The van der Waals surface area contributed by atoms with Gasteiger partial charge < -0.3 is 0 Å². The molecule has 2 aromatic carbocycles. The van der Waals surface area contributed by atoms with Crippen molar-refractivity contribution in [2.45, 2.75) is 20.4 Å². The Hall–Kier alpha value is -1.31. The Bertz CT molecular complexity index is 895. The molecule has 23 heavy (non-hydrogen) atoms. The summed E-state index contributed by atoms with van der Waals surface area (Å²) in [6.07, 6.45) is 2.48. The van der Waals surface area contributed by atoms with Gasteiger partial charge >= 0.3 is 150 Å². The molecule has 0 bridgehead atoms. The van der Waals surface area contributed by atoms with Gasteiger partial charge in [-0.3, -0.25) is 0 Å². The number of benzene rings is 2. The summed E-state index contributed by atoms with van der Waals surface area (Å²) in [4.78, 5) is 2.50. The van der Waals surface area contributed by atoms with E-state index in [9.17, 15) is 0 Å². The average molecular weight is 433 g/mol. The van der Waals surface area contributed by atoms with Crippen LogP contribution in [0, 0.1) is 0 Å². The number of anilines is 1. The molecule has 116 valence electrons. The van der Waals surface area contributed by atoms with Gasteiger partial charge in [0.15, 0.2) is 0 Å². The number of nitrogens with zero attached hydrogens (tertiary/aromatic N) is 2. The molecule has 2 nitrogen and oxygen atoms in total. The van der Waals surface area contributed by atoms with E-state index >= 15 is 0 Å². The van der Waals surface area contributed by atoms with Crippen LogP contribution in [0.1, 0.15) is 18.4 Å². The van der Waals surface area contributed by atoms with Crippen LogP contribution in [0.4, 0.5) is 5.69 Å². The molecule has 0 atom stereocenters. The fraction of sp³-hybridized carbons (Fsp3) is 0.211. The third kappa shape index (κ3) is 2.60. The van der Waals surface area contributed by atoms with Gasteiger partial charge in [0.05, 0.1) is 0 Å². The van der Waals surface area contributed by atoms with E-state index in [2.05, 4.69) is 77.9 Å². The van der Waals surface area contributed by atoms with Crippen molar-refractivity contribution in [3.8, 4) is 0 Å². The second-order valence-electron chi connectivity index (χ2n) is 5.45. The van der Waals surface area contributed by atoms with E-state index in [1.165, 1.54) is 29.1 Å². The van der Waals surface area contributed by atoms with Gasteiger partial charge in [-0.05, 0) is 0 Å². The van der Waals surface area contributed by atoms with Crippen molar-refractivity contribution in [1.29, 1.82) is 0 Å². The second kappa shape index (κ2) is 6.30. The SMILES string of the molecule is CCN1C(=Cc2[se]c3ccccc3[n+]2CC)[Se]c2ccccc21. The first-order valence-corrected chi connectivity index (χ1v) is 11.4. The molecule has 4 heteroatoms. The topological polar surface area (TPSA) is 7.12 Å². The van der Waals surface area contributed by atoms with Gasteiger partial charge in [0.25, 0.3) is 0 Å². The van der Waals surface area contributed by atoms with E-state index in [1.54, 1.807) is 0 Å². The number of para-hydroxylation sites is 2. The van der Waals surface area contributed by atoms with E-state index in [0.29, 0.717) is 29.5 Å². The monoisotopic (exact) mass is 435 g/mol.